The Balaban J connectivity index is 2.11. The summed E-state index contributed by atoms with van der Waals surface area (Å²) >= 11 is 0. The molecule has 3 rings (SSSR count). The summed E-state index contributed by atoms with van der Waals surface area (Å²) in [6.45, 7) is 0. The molecule has 1 aliphatic rings. The van der Waals surface area contributed by atoms with Gasteiger partial charge in [0.15, 0.2) is 0 Å². The van der Waals surface area contributed by atoms with Crippen molar-refractivity contribution in [2.45, 2.75) is 24.7 Å². The Hall–Kier alpha value is -2.04. The topological polar surface area (TPSA) is 76.8 Å². The molecule has 1 saturated carbocycles. The van der Waals surface area contributed by atoms with Crippen molar-refractivity contribution in [2.75, 3.05) is 12.8 Å². The molecule has 2 aromatic rings. The minimum absolute atomic E-state index is 0.0653. The van der Waals surface area contributed by atoms with Gasteiger partial charge in [0.25, 0.3) is 0 Å². The Kier molecular flexibility index (Phi) is 2.47. The third kappa shape index (κ3) is 1.47. The van der Waals surface area contributed by atoms with Crippen LogP contribution in [0.3, 0.4) is 0 Å². The van der Waals surface area contributed by atoms with Crippen molar-refractivity contribution < 1.29 is 4.74 Å². The normalized spacial score (nSPS) is 17.2. The Morgan fingerprint density at radius 2 is 2.28 bits per heavy atom. The van der Waals surface area contributed by atoms with E-state index in [1.807, 2.05) is 12.1 Å². The lowest BCUT2D eigenvalue weighted by Gasteiger charge is -2.41. The zero-order chi connectivity index (χ0) is 12.6. The van der Waals surface area contributed by atoms with Crippen LogP contribution in [0.4, 0.5) is 5.82 Å². The molecule has 0 atom stereocenters. The number of nitrogens with one attached hydrogen (secondary N) is 1. The van der Waals surface area contributed by atoms with E-state index in [1.54, 1.807) is 13.3 Å². The molecule has 0 spiro atoms. The van der Waals surface area contributed by atoms with Gasteiger partial charge in [-0.3, -0.25) is 5.10 Å². The zero-order valence-electron chi connectivity index (χ0n) is 10.3. The first kappa shape index (κ1) is 11.1. The van der Waals surface area contributed by atoms with Crippen LogP contribution in [0.2, 0.25) is 0 Å². The van der Waals surface area contributed by atoms with Crippen molar-refractivity contribution in [2.24, 2.45) is 0 Å². The lowest BCUT2D eigenvalue weighted by atomic mass is 9.62. The highest BCUT2D eigenvalue weighted by Crippen LogP contribution is 2.50. The van der Waals surface area contributed by atoms with E-state index < -0.39 is 0 Å². The maximum absolute atomic E-state index is 5.71. The first-order valence-electron chi connectivity index (χ1n) is 6.07. The van der Waals surface area contributed by atoms with Crippen molar-refractivity contribution in [1.29, 1.82) is 0 Å². The molecular formula is C13H16N4O. The maximum Gasteiger partial charge on any atom is 0.217 e. The molecule has 0 aromatic carbocycles. The van der Waals surface area contributed by atoms with Gasteiger partial charge < -0.3 is 10.5 Å². The van der Waals surface area contributed by atoms with Gasteiger partial charge in [-0.05, 0) is 18.9 Å². The molecule has 0 radical (unpaired) electrons. The van der Waals surface area contributed by atoms with Crippen LogP contribution in [-0.2, 0) is 5.41 Å². The van der Waals surface area contributed by atoms with E-state index in [2.05, 4.69) is 21.2 Å². The summed E-state index contributed by atoms with van der Waals surface area (Å²) in [7, 11) is 1.65. The summed E-state index contributed by atoms with van der Waals surface area (Å²) in [4.78, 5) is 4.29. The first-order valence-corrected chi connectivity index (χ1v) is 6.07. The Labute approximate surface area is 105 Å². The fourth-order valence-electron chi connectivity index (χ4n) is 2.71. The van der Waals surface area contributed by atoms with Crippen LogP contribution in [0.5, 0.6) is 5.88 Å². The highest BCUT2D eigenvalue weighted by Gasteiger charge is 2.44. The number of anilines is 1. The van der Waals surface area contributed by atoms with Gasteiger partial charge in [0.05, 0.1) is 7.11 Å². The third-order valence-corrected chi connectivity index (χ3v) is 3.80. The molecule has 0 saturated heterocycles. The molecule has 3 N–H and O–H groups in total. The predicted molar refractivity (Wildman–Crippen MR) is 68.4 cm³/mol. The van der Waals surface area contributed by atoms with E-state index in [-0.39, 0.29) is 5.41 Å². The summed E-state index contributed by atoms with van der Waals surface area (Å²) in [5.41, 5.74) is 7.81. The molecular weight excluding hydrogens is 228 g/mol. The fourth-order valence-corrected chi connectivity index (χ4v) is 2.71. The van der Waals surface area contributed by atoms with E-state index in [4.69, 9.17) is 10.5 Å². The number of nitrogen functional groups attached to an aromatic ring is 1. The largest absolute Gasteiger partial charge is 0.481 e. The number of methoxy groups -OCH3 is 1. The number of hydrogen-bond donors (Lipinski definition) is 2. The van der Waals surface area contributed by atoms with Crippen molar-refractivity contribution in [3.05, 3.63) is 35.7 Å². The van der Waals surface area contributed by atoms with Crippen LogP contribution in [0.25, 0.3) is 0 Å². The number of ether oxygens (including phenoxy) is 1. The second kappa shape index (κ2) is 4.01. The van der Waals surface area contributed by atoms with Crippen LogP contribution in [0, 0.1) is 0 Å². The molecule has 0 amide bonds. The van der Waals surface area contributed by atoms with Gasteiger partial charge in [-0.1, -0.05) is 12.5 Å². The summed E-state index contributed by atoms with van der Waals surface area (Å²) < 4.78 is 5.38. The fraction of sp³-hybridized carbons (Fsp3) is 0.385. The van der Waals surface area contributed by atoms with E-state index in [0.717, 1.165) is 24.1 Å². The van der Waals surface area contributed by atoms with Crippen molar-refractivity contribution in [3.8, 4) is 5.88 Å². The summed E-state index contributed by atoms with van der Waals surface area (Å²) in [6, 6.07) is 5.92. The average molecular weight is 244 g/mol. The molecule has 1 fully saturated rings. The Morgan fingerprint density at radius 3 is 2.83 bits per heavy atom. The number of aromatic amines is 1. The number of H-pyrrole nitrogens is 1. The quantitative estimate of drug-likeness (QED) is 0.864. The van der Waals surface area contributed by atoms with Crippen molar-refractivity contribution in [1.82, 2.24) is 15.2 Å². The second-order valence-corrected chi connectivity index (χ2v) is 4.70. The van der Waals surface area contributed by atoms with E-state index in [1.165, 1.54) is 6.42 Å². The lowest BCUT2D eigenvalue weighted by Crippen LogP contribution is -2.36. The second-order valence-electron chi connectivity index (χ2n) is 4.70. The Morgan fingerprint density at radius 1 is 1.44 bits per heavy atom. The molecule has 0 bridgehead atoms. The van der Waals surface area contributed by atoms with Crippen LogP contribution in [-0.4, -0.2) is 22.3 Å². The summed E-state index contributed by atoms with van der Waals surface area (Å²) in [5, 5.41) is 7.08. The van der Waals surface area contributed by atoms with Gasteiger partial charge in [0.1, 0.15) is 5.82 Å². The van der Waals surface area contributed by atoms with Crippen LogP contribution >= 0.6 is 0 Å². The monoisotopic (exact) mass is 244 g/mol. The van der Waals surface area contributed by atoms with Crippen molar-refractivity contribution >= 4 is 5.82 Å². The number of hydrogen-bond acceptors (Lipinski definition) is 4. The number of pyridine rings is 1. The zero-order valence-corrected chi connectivity index (χ0v) is 10.3. The number of nitrogens with two attached hydrogens (primary N) is 1. The molecule has 0 aliphatic heterocycles. The molecule has 5 heteroatoms. The minimum atomic E-state index is -0.0653. The molecule has 18 heavy (non-hydrogen) atoms. The van der Waals surface area contributed by atoms with Gasteiger partial charge in [-0.2, -0.15) is 5.10 Å². The predicted octanol–water partition coefficient (Wildman–Crippen LogP) is 1.87. The summed E-state index contributed by atoms with van der Waals surface area (Å²) in [5.74, 6) is 1.21. The number of aromatic nitrogens is 3. The van der Waals surface area contributed by atoms with Crippen LogP contribution in [0.15, 0.2) is 24.4 Å². The lowest BCUT2D eigenvalue weighted by molar-refractivity contribution is 0.277. The van der Waals surface area contributed by atoms with E-state index >= 15 is 0 Å². The maximum atomic E-state index is 5.71. The third-order valence-electron chi connectivity index (χ3n) is 3.80. The van der Waals surface area contributed by atoms with Crippen molar-refractivity contribution in [3.63, 3.8) is 0 Å². The SMILES string of the molecule is COc1ncccc1C1(c2cc(N)n[nH]2)CCC1. The van der Waals surface area contributed by atoms with Gasteiger partial charge in [0, 0.05) is 28.9 Å². The van der Waals surface area contributed by atoms with Gasteiger partial charge in [0.2, 0.25) is 5.88 Å². The standard InChI is InChI=1S/C13H16N4O/c1-18-12-9(4-2-7-15-12)13(5-3-6-13)10-8-11(14)17-16-10/h2,4,7-8H,3,5-6H2,1H3,(H3,14,16,17). The van der Waals surface area contributed by atoms with E-state index in [9.17, 15) is 0 Å². The smallest absolute Gasteiger partial charge is 0.217 e. The van der Waals surface area contributed by atoms with Gasteiger partial charge in [-0.15, -0.1) is 0 Å². The molecule has 0 unspecified atom stereocenters. The molecule has 2 heterocycles. The number of nitrogens with zero attached hydrogens (tertiary/aromatic N) is 2. The van der Waals surface area contributed by atoms with Gasteiger partial charge in [-0.25, -0.2) is 4.98 Å². The molecule has 5 nitrogen and oxygen atoms in total. The molecule has 2 aromatic heterocycles. The highest BCUT2D eigenvalue weighted by atomic mass is 16.5. The van der Waals surface area contributed by atoms with Crippen LogP contribution in [0.1, 0.15) is 30.5 Å². The number of rotatable bonds is 3. The molecule has 1 aliphatic carbocycles. The van der Waals surface area contributed by atoms with E-state index in [0.29, 0.717) is 11.7 Å². The summed E-state index contributed by atoms with van der Waals surface area (Å²) in [6.07, 6.45) is 5.07. The average Bonchev–Trinajstić information content (AvgIpc) is 2.75. The van der Waals surface area contributed by atoms with Gasteiger partial charge >= 0.3 is 0 Å². The van der Waals surface area contributed by atoms with Crippen LogP contribution < -0.4 is 10.5 Å². The minimum Gasteiger partial charge on any atom is -0.481 e. The first-order chi connectivity index (χ1) is 8.76. The molecule has 94 valence electrons. The highest BCUT2D eigenvalue weighted by molar-refractivity contribution is 5.46. The Bertz CT molecular complexity index is 560.